The van der Waals surface area contributed by atoms with Crippen LogP contribution in [-0.4, -0.2) is 36.5 Å². The van der Waals surface area contributed by atoms with Crippen molar-refractivity contribution in [1.29, 1.82) is 0 Å². The molecular weight excluding hydrogens is 287 g/mol. The third-order valence-corrected chi connectivity index (χ3v) is 3.47. The average molecular weight is 301 g/mol. The highest BCUT2D eigenvalue weighted by atomic mass is 79.9. The van der Waals surface area contributed by atoms with E-state index in [1.807, 2.05) is 6.92 Å². The van der Waals surface area contributed by atoms with Crippen molar-refractivity contribution in [1.82, 2.24) is 10.2 Å². The zero-order valence-corrected chi connectivity index (χ0v) is 11.1. The quantitative estimate of drug-likeness (QED) is 0.861. The van der Waals surface area contributed by atoms with Crippen LogP contribution in [0, 0.1) is 5.82 Å². The lowest BCUT2D eigenvalue weighted by atomic mass is 10.1. The smallest absolute Gasteiger partial charge is 0.254 e. The molecule has 1 atom stereocenters. The van der Waals surface area contributed by atoms with E-state index in [4.69, 9.17) is 0 Å². The Hall–Kier alpha value is -0.940. The summed E-state index contributed by atoms with van der Waals surface area (Å²) in [5.41, 5.74) is 0.403. The maximum absolute atomic E-state index is 13.4. The topological polar surface area (TPSA) is 32.3 Å². The van der Waals surface area contributed by atoms with Gasteiger partial charge >= 0.3 is 0 Å². The van der Waals surface area contributed by atoms with E-state index >= 15 is 0 Å². The first-order chi connectivity index (χ1) is 8.08. The van der Waals surface area contributed by atoms with Gasteiger partial charge in [0, 0.05) is 31.2 Å². The number of amides is 1. The van der Waals surface area contributed by atoms with Crippen molar-refractivity contribution < 1.29 is 9.18 Å². The van der Waals surface area contributed by atoms with Crippen LogP contribution in [0.25, 0.3) is 0 Å². The second kappa shape index (κ2) is 5.14. The third-order valence-electron chi connectivity index (χ3n) is 2.82. The van der Waals surface area contributed by atoms with Crippen molar-refractivity contribution in [2.45, 2.75) is 13.0 Å². The number of hydrogen-bond acceptors (Lipinski definition) is 2. The van der Waals surface area contributed by atoms with E-state index in [1.54, 1.807) is 17.0 Å². The van der Waals surface area contributed by atoms with Gasteiger partial charge in [0.2, 0.25) is 0 Å². The van der Waals surface area contributed by atoms with E-state index in [0.717, 1.165) is 6.54 Å². The summed E-state index contributed by atoms with van der Waals surface area (Å²) in [5, 5.41) is 3.26. The molecule has 1 N–H and O–H groups in total. The largest absolute Gasteiger partial charge is 0.336 e. The third kappa shape index (κ3) is 2.84. The summed E-state index contributed by atoms with van der Waals surface area (Å²) >= 11 is 3.07. The SMILES string of the molecule is C[C@@H]1CN(C(=O)c2ccc(Br)c(F)c2)CCN1. The molecule has 1 aliphatic heterocycles. The van der Waals surface area contributed by atoms with Crippen LogP contribution in [0.2, 0.25) is 0 Å². The molecule has 1 heterocycles. The first kappa shape index (κ1) is 12.5. The van der Waals surface area contributed by atoms with E-state index in [-0.39, 0.29) is 11.9 Å². The molecule has 0 aliphatic carbocycles. The number of carbonyl (C=O) groups excluding carboxylic acids is 1. The molecule has 0 aromatic heterocycles. The van der Waals surface area contributed by atoms with Gasteiger partial charge in [0.1, 0.15) is 5.82 Å². The van der Waals surface area contributed by atoms with Crippen LogP contribution in [0.3, 0.4) is 0 Å². The van der Waals surface area contributed by atoms with Gasteiger partial charge in [-0.1, -0.05) is 0 Å². The molecule has 1 fully saturated rings. The molecule has 0 radical (unpaired) electrons. The lowest BCUT2D eigenvalue weighted by Gasteiger charge is -2.32. The van der Waals surface area contributed by atoms with Crippen LogP contribution >= 0.6 is 15.9 Å². The van der Waals surface area contributed by atoms with E-state index in [9.17, 15) is 9.18 Å². The fourth-order valence-electron chi connectivity index (χ4n) is 1.93. The van der Waals surface area contributed by atoms with Crippen LogP contribution in [-0.2, 0) is 0 Å². The molecule has 0 spiro atoms. The Morgan fingerprint density at radius 2 is 2.35 bits per heavy atom. The minimum Gasteiger partial charge on any atom is -0.336 e. The van der Waals surface area contributed by atoms with Gasteiger partial charge < -0.3 is 10.2 Å². The molecule has 5 heteroatoms. The van der Waals surface area contributed by atoms with Gasteiger partial charge in [-0.05, 0) is 41.1 Å². The van der Waals surface area contributed by atoms with Crippen LogP contribution < -0.4 is 5.32 Å². The summed E-state index contributed by atoms with van der Waals surface area (Å²) < 4.78 is 13.7. The van der Waals surface area contributed by atoms with E-state index in [0.29, 0.717) is 23.1 Å². The van der Waals surface area contributed by atoms with Gasteiger partial charge in [-0.15, -0.1) is 0 Å². The summed E-state index contributed by atoms with van der Waals surface area (Å²) in [6.45, 7) is 4.14. The van der Waals surface area contributed by atoms with Crippen molar-refractivity contribution in [2.75, 3.05) is 19.6 Å². The molecule has 2 rings (SSSR count). The van der Waals surface area contributed by atoms with Crippen molar-refractivity contribution in [3.05, 3.63) is 34.1 Å². The maximum atomic E-state index is 13.4. The summed E-state index contributed by atoms with van der Waals surface area (Å²) in [5.74, 6) is -0.510. The zero-order valence-electron chi connectivity index (χ0n) is 9.54. The summed E-state index contributed by atoms with van der Waals surface area (Å²) in [7, 11) is 0. The number of benzene rings is 1. The normalized spacial score (nSPS) is 20.4. The van der Waals surface area contributed by atoms with Gasteiger partial charge in [-0.2, -0.15) is 0 Å². The summed E-state index contributed by atoms with van der Waals surface area (Å²) in [4.78, 5) is 13.9. The highest BCUT2D eigenvalue weighted by Crippen LogP contribution is 2.17. The molecule has 1 aromatic rings. The lowest BCUT2D eigenvalue weighted by Crippen LogP contribution is -2.51. The predicted octanol–water partition coefficient (Wildman–Crippen LogP) is 2.02. The van der Waals surface area contributed by atoms with Gasteiger partial charge in [0.15, 0.2) is 0 Å². The van der Waals surface area contributed by atoms with Crippen LogP contribution in [0.1, 0.15) is 17.3 Å². The Kier molecular flexibility index (Phi) is 3.79. The Labute approximate surface area is 108 Å². The molecule has 3 nitrogen and oxygen atoms in total. The molecule has 1 aliphatic rings. The van der Waals surface area contributed by atoms with Crippen molar-refractivity contribution in [3.8, 4) is 0 Å². The molecule has 92 valence electrons. The fraction of sp³-hybridized carbons (Fsp3) is 0.417. The minimum atomic E-state index is -0.404. The average Bonchev–Trinajstić information content (AvgIpc) is 2.32. The minimum absolute atomic E-state index is 0.107. The first-order valence-corrected chi connectivity index (χ1v) is 6.35. The monoisotopic (exact) mass is 300 g/mol. The van der Waals surface area contributed by atoms with Gasteiger partial charge in [-0.25, -0.2) is 4.39 Å². The molecule has 0 bridgehead atoms. The first-order valence-electron chi connectivity index (χ1n) is 5.55. The Morgan fingerprint density at radius 1 is 1.59 bits per heavy atom. The number of piperazine rings is 1. The number of carbonyl (C=O) groups is 1. The van der Waals surface area contributed by atoms with Crippen molar-refractivity contribution in [2.24, 2.45) is 0 Å². The van der Waals surface area contributed by atoms with Gasteiger partial charge in [0.25, 0.3) is 5.91 Å². The number of nitrogens with one attached hydrogen (secondary N) is 1. The van der Waals surface area contributed by atoms with E-state index in [1.165, 1.54) is 6.07 Å². The van der Waals surface area contributed by atoms with E-state index < -0.39 is 5.82 Å². The van der Waals surface area contributed by atoms with Crippen LogP contribution in [0.4, 0.5) is 4.39 Å². The standard InChI is InChI=1S/C12H14BrFN2O/c1-8-7-16(5-4-15-8)12(17)9-2-3-10(13)11(14)6-9/h2-3,6,8,15H,4-5,7H2,1H3/t8-/m1/s1. The zero-order chi connectivity index (χ0) is 12.4. The molecular formula is C12H14BrFN2O. The van der Waals surface area contributed by atoms with Crippen LogP contribution in [0.15, 0.2) is 22.7 Å². The highest BCUT2D eigenvalue weighted by Gasteiger charge is 2.22. The Morgan fingerprint density at radius 3 is 3.00 bits per heavy atom. The molecule has 1 saturated heterocycles. The van der Waals surface area contributed by atoms with Crippen molar-refractivity contribution >= 4 is 21.8 Å². The molecule has 17 heavy (non-hydrogen) atoms. The second-order valence-electron chi connectivity index (χ2n) is 4.24. The predicted molar refractivity (Wildman–Crippen MR) is 67.5 cm³/mol. The fourth-order valence-corrected chi connectivity index (χ4v) is 2.18. The summed E-state index contributed by atoms with van der Waals surface area (Å²) in [6.07, 6.45) is 0. The van der Waals surface area contributed by atoms with Gasteiger partial charge in [0.05, 0.1) is 4.47 Å². The molecule has 0 saturated carbocycles. The molecule has 1 aromatic carbocycles. The lowest BCUT2D eigenvalue weighted by molar-refractivity contribution is 0.0708. The number of rotatable bonds is 1. The van der Waals surface area contributed by atoms with Crippen molar-refractivity contribution in [3.63, 3.8) is 0 Å². The van der Waals surface area contributed by atoms with Crippen LogP contribution in [0.5, 0.6) is 0 Å². The Balaban J connectivity index is 2.15. The number of hydrogen-bond donors (Lipinski definition) is 1. The van der Waals surface area contributed by atoms with Gasteiger partial charge in [-0.3, -0.25) is 4.79 Å². The summed E-state index contributed by atoms with van der Waals surface area (Å²) in [6, 6.07) is 4.77. The molecule has 1 amide bonds. The Bertz CT molecular complexity index is 439. The second-order valence-corrected chi connectivity index (χ2v) is 5.09. The number of nitrogens with zero attached hydrogens (tertiary/aromatic N) is 1. The van der Waals surface area contributed by atoms with E-state index in [2.05, 4.69) is 21.2 Å². The number of halogens is 2. The molecule has 0 unspecified atom stereocenters. The highest BCUT2D eigenvalue weighted by molar-refractivity contribution is 9.10. The maximum Gasteiger partial charge on any atom is 0.254 e.